The molecule has 3 rings (SSSR count). The molecule has 130 valence electrons. The molecule has 5 nitrogen and oxygen atoms in total. The van der Waals surface area contributed by atoms with Gasteiger partial charge in [-0.25, -0.2) is 0 Å². The second-order valence-corrected chi connectivity index (χ2v) is 7.57. The SMILES string of the molecule is O=C(CCC1CCNC1)NC1CCN(C(=O)C2CCCCC2)C1. The van der Waals surface area contributed by atoms with Gasteiger partial charge in [0.1, 0.15) is 0 Å². The van der Waals surface area contributed by atoms with Crippen LogP contribution in [0.15, 0.2) is 0 Å². The van der Waals surface area contributed by atoms with Crippen LogP contribution in [0.25, 0.3) is 0 Å². The van der Waals surface area contributed by atoms with E-state index in [-0.39, 0.29) is 17.9 Å². The third-order valence-electron chi connectivity index (χ3n) is 5.76. The van der Waals surface area contributed by atoms with E-state index < -0.39 is 0 Å². The Bertz CT molecular complexity index is 414. The summed E-state index contributed by atoms with van der Waals surface area (Å²) in [5.74, 6) is 1.40. The van der Waals surface area contributed by atoms with E-state index in [2.05, 4.69) is 10.6 Å². The molecule has 2 atom stereocenters. The zero-order valence-electron chi connectivity index (χ0n) is 14.2. The Morgan fingerprint density at radius 3 is 2.65 bits per heavy atom. The molecule has 0 spiro atoms. The fraction of sp³-hybridized carbons (Fsp3) is 0.889. The van der Waals surface area contributed by atoms with Gasteiger partial charge in [-0.1, -0.05) is 19.3 Å². The van der Waals surface area contributed by atoms with Crippen molar-refractivity contribution in [2.75, 3.05) is 26.2 Å². The Balaban J connectivity index is 1.37. The quantitative estimate of drug-likeness (QED) is 0.810. The molecule has 0 aromatic rings. The van der Waals surface area contributed by atoms with Crippen LogP contribution in [0.2, 0.25) is 0 Å². The maximum absolute atomic E-state index is 12.5. The second-order valence-electron chi connectivity index (χ2n) is 7.57. The van der Waals surface area contributed by atoms with Crippen LogP contribution in [-0.4, -0.2) is 48.9 Å². The summed E-state index contributed by atoms with van der Waals surface area (Å²) in [4.78, 5) is 26.6. The lowest BCUT2D eigenvalue weighted by Crippen LogP contribution is -2.40. The van der Waals surface area contributed by atoms with Crippen LogP contribution < -0.4 is 10.6 Å². The highest BCUT2D eigenvalue weighted by Crippen LogP contribution is 2.26. The standard InChI is InChI=1S/C18H31N3O2/c22-17(7-6-14-8-10-19-12-14)20-16-9-11-21(13-16)18(23)15-4-2-1-3-5-15/h14-16,19H,1-13H2,(H,20,22). The average molecular weight is 321 g/mol. The van der Waals surface area contributed by atoms with E-state index >= 15 is 0 Å². The zero-order valence-corrected chi connectivity index (χ0v) is 14.2. The molecule has 0 aromatic carbocycles. The summed E-state index contributed by atoms with van der Waals surface area (Å²) in [7, 11) is 0. The predicted octanol–water partition coefficient (Wildman–Crippen LogP) is 1.67. The minimum Gasteiger partial charge on any atom is -0.352 e. The number of nitrogens with one attached hydrogen (secondary N) is 2. The molecule has 23 heavy (non-hydrogen) atoms. The number of hydrogen-bond donors (Lipinski definition) is 2. The van der Waals surface area contributed by atoms with Crippen molar-refractivity contribution in [3.8, 4) is 0 Å². The summed E-state index contributed by atoms with van der Waals surface area (Å²) in [6.45, 7) is 3.67. The molecular formula is C18H31N3O2. The summed E-state index contributed by atoms with van der Waals surface area (Å²) < 4.78 is 0. The highest BCUT2D eigenvalue weighted by molar-refractivity contribution is 5.80. The van der Waals surface area contributed by atoms with Crippen molar-refractivity contribution in [3.05, 3.63) is 0 Å². The molecule has 0 radical (unpaired) electrons. The minimum atomic E-state index is 0.161. The Hall–Kier alpha value is -1.10. The summed E-state index contributed by atoms with van der Waals surface area (Å²) in [6, 6.07) is 0.164. The minimum absolute atomic E-state index is 0.161. The third-order valence-corrected chi connectivity index (χ3v) is 5.76. The van der Waals surface area contributed by atoms with Gasteiger partial charge in [-0.05, 0) is 51.1 Å². The lowest BCUT2D eigenvalue weighted by molar-refractivity contribution is -0.135. The molecule has 2 heterocycles. The molecule has 3 fully saturated rings. The first-order valence-electron chi connectivity index (χ1n) is 9.51. The molecule has 2 unspecified atom stereocenters. The van der Waals surface area contributed by atoms with Crippen LogP contribution >= 0.6 is 0 Å². The van der Waals surface area contributed by atoms with Crippen LogP contribution in [-0.2, 0) is 9.59 Å². The van der Waals surface area contributed by atoms with Crippen molar-refractivity contribution in [2.45, 2.75) is 63.8 Å². The van der Waals surface area contributed by atoms with Crippen LogP contribution in [0.3, 0.4) is 0 Å². The molecule has 2 amide bonds. The van der Waals surface area contributed by atoms with E-state index in [4.69, 9.17) is 0 Å². The van der Waals surface area contributed by atoms with E-state index in [0.717, 1.165) is 45.3 Å². The Morgan fingerprint density at radius 2 is 1.91 bits per heavy atom. The Morgan fingerprint density at radius 1 is 1.09 bits per heavy atom. The van der Waals surface area contributed by atoms with Gasteiger partial charge in [-0.2, -0.15) is 0 Å². The lowest BCUT2D eigenvalue weighted by Gasteiger charge is -2.26. The third kappa shape index (κ3) is 4.69. The highest BCUT2D eigenvalue weighted by atomic mass is 16.2. The van der Waals surface area contributed by atoms with E-state index in [0.29, 0.717) is 24.8 Å². The van der Waals surface area contributed by atoms with Gasteiger partial charge in [0, 0.05) is 31.5 Å². The molecule has 1 aliphatic carbocycles. The largest absolute Gasteiger partial charge is 0.352 e. The maximum atomic E-state index is 12.5. The number of nitrogens with zero attached hydrogens (tertiary/aromatic N) is 1. The fourth-order valence-electron chi connectivity index (χ4n) is 4.28. The van der Waals surface area contributed by atoms with E-state index in [1.165, 1.54) is 25.7 Å². The van der Waals surface area contributed by atoms with E-state index in [1.54, 1.807) is 0 Å². The van der Waals surface area contributed by atoms with Crippen molar-refractivity contribution in [1.82, 2.24) is 15.5 Å². The monoisotopic (exact) mass is 321 g/mol. The van der Waals surface area contributed by atoms with Crippen LogP contribution in [0, 0.1) is 11.8 Å². The normalized spacial score (nSPS) is 29.0. The smallest absolute Gasteiger partial charge is 0.225 e. The Kier molecular flexibility index (Phi) is 5.92. The van der Waals surface area contributed by atoms with Crippen LogP contribution in [0.1, 0.15) is 57.8 Å². The summed E-state index contributed by atoms with van der Waals surface area (Å²) in [6.07, 6.45) is 9.49. The fourth-order valence-corrected chi connectivity index (χ4v) is 4.28. The van der Waals surface area contributed by atoms with Crippen molar-refractivity contribution in [1.29, 1.82) is 0 Å². The van der Waals surface area contributed by atoms with Crippen LogP contribution in [0.5, 0.6) is 0 Å². The summed E-state index contributed by atoms with van der Waals surface area (Å²) in [5.41, 5.74) is 0. The first-order chi connectivity index (χ1) is 11.2. The highest BCUT2D eigenvalue weighted by Gasteiger charge is 2.32. The van der Waals surface area contributed by atoms with Gasteiger partial charge in [0.05, 0.1) is 0 Å². The summed E-state index contributed by atoms with van der Waals surface area (Å²) >= 11 is 0. The van der Waals surface area contributed by atoms with Crippen molar-refractivity contribution in [3.63, 3.8) is 0 Å². The van der Waals surface area contributed by atoms with Gasteiger partial charge in [-0.3, -0.25) is 9.59 Å². The number of rotatable bonds is 5. The zero-order chi connectivity index (χ0) is 16.1. The average Bonchev–Trinajstić information content (AvgIpc) is 3.25. The van der Waals surface area contributed by atoms with E-state index in [9.17, 15) is 9.59 Å². The molecule has 1 saturated carbocycles. The maximum Gasteiger partial charge on any atom is 0.225 e. The van der Waals surface area contributed by atoms with Gasteiger partial charge in [0.25, 0.3) is 0 Å². The first kappa shape index (κ1) is 16.7. The molecule has 2 aliphatic heterocycles. The lowest BCUT2D eigenvalue weighted by atomic mass is 9.88. The first-order valence-corrected chi connectivity index (χ1v) is 9.51. The predicted molar refractivity (Wildman–Crippen MR) is 89.9 cm³/mol. The van der Waals surface area contributed by atoms with Gasteiger partial charge < -0.3 is 15.5 Å². The number of hydrogen-bond acceptors (Lipinski definition) is 3. The molecule has 0 bridgehead atoms. The Labute approximate surface area is 139 Å². The van der Waals surface area contributed by atoms with Crippen molar-refractivity contribution < 1.29 is 9.59 Å². The number of likely N-dealkylation sites (tertiary alicyclic amines) is 1. The topological polar surface area (TPSA) is 61.4 Å². The molecule has 3 aliphatic rings. The van der Waals surface area contributed by atoms with Crippen LogP contribution in [0.4, 0.5) is 0 Å². The van der Waals surface area contributed by atoms with Crippen molar-refractivity contribution in [2.24, 2.45) is 11.8 Å². The molecular weight excluding hydrogens is 290 g/mol. The van der Waals surface area contributed by atoms with Gasteiger partial charge >= 0.3 is 0 Å². The molecule has 2 saturated heterocycles. The second kappa shape index (κ2) is 8.13. The van der Waals surface area contributed by atoms with Gasteiger partial charge in [-0.15, -0.1) is 0 Å². The van der Waals surface area contributed by atoms with E-state index in [1.807, 2.05) is 4.90 Å². The molecule has 0 aromatic heterocycles. The number of amides is 2. The van der Waals surface area contributed by atoms with Crippen molar-refractivity contribution >= 4 is 11.8 Å². The summed E-state index contributed by atoms with van der Waals surface area (Å²) in [5, 5.41) is 6.48. The molecule has 2 N–H and O–H groups in total. The molecule has 5 heteroatoms. The number of carbonyl (C=O) groups is 2. The van der Waals surface area contributed by atoms with Gasteiger partial charge in [0.15, 0.2) is 0 Å². The number of carbonyl (C=O) groups excluding carboxylic acids is 2. The van der Waals surface area contributed by atoms with Gasteiger partial charge in [0.2, 0.25) is 11.8 Å².